The minimum atomic E-state index is -0.524. The molecule has 0 aliphatic rings. The Bertz CT molecular complexity index is 626. The fourth-order valence-electron chi connectivity index (χ4n) is 2.08. The maximum Gasteiger partial charge on any atom is 0.254 e. The molecule has 1 heterocycles. The summed E-state index contributed by atoms with van der Waals surface area (Å²) in [6.45, 7) is 5.59. The number of hydrogen-bond donors (Lipinski definition) is 2. The van der Waals surface area contributed by atoms with E-state index in [9.17, 15) is 4.79 Å². The predicted octanol–water partition coefficient (Wildman–Crippen LogP) is 2.10. The van der Waals surface area contributed by atoms with Gasteiger partial charge in [-0.3, -0.25) is 9.78 Å². The second-order valence-corrected chi connectivity index (χ2v) is 5.19. The zero-order valence-electron chi connectivity index (χ0n) is 12.4. The van der Waals surface area contributed by atoms with E-state index in [2.05, 4.69) is 24.1 Å². The van der Waals surface area contributed by atoms with E-state index in [0.29, 0.717) is 24.0 Å². The number of nitrogens with zero attached hydrogens (tertiary/aromatic N) is 1. The molecule has 0 spiro atoms. The summed E-state index contributed by atoms with van der Waals surface area (Å²) in [4.78, 5) is 15.8. The molecule has 0 fully saturated rings. The molecule has 0 radical (unpaired) electrons. The molecule has 5 heteroatoms. The first-order chi connectivity index (χ1) is 10.1. The van der Waals surface area contributed by atoms with Crippen LogP contribution in [0.25, 0.3) is 10.9 Å². The summed E-state index contributed by atoms with van der Waals surface area (Å²) in [6, 6.07) is 8.01. The van der Waals surface area contributed by atoms with Crippen molar-refractivity contribution in [1.82, 2.24) is 10.3 Å². The Kier molecular flexibility index (Phi) is 5.11. The number of hydrogen-bond acceptors (Lipinski definition) is 4. The Morgan fingerprint density at radius 3 is 2.86 bits per heavy atom. The zero-order chi connectivity index (χ0) is 15.2. The highest BCUT2D eigenvalue weighted by Crippen LogP contribution is 2.28. The predicted molar refractivity (Wildman–Crippen MR) is 83.5 cm³/mol. The van der Waals surface area contributed by atoms with Gasteiger partial charge in [0.1, 0.15) is 11.3 Å². The van der Waals surface area contributed by atoms with E-state index < -0.39 is 5.91 Å². The van der Waals surface area contributed by atoms with Gasteiger partial charge in [-0.2, -0.15) is 0 Å². The first kappa shape index (κ1) is 15.3. The number of pyridine rings is 1. The molecule has 0 saturated heterocycles. The Morgan fingerprint density at radius 2 is 2.14 bits per heavy atom. The minimum Gasteiger partial charge on any atom is -0.492 e. The number of nitrogens with one attached hydrogen (secondary N) is 1. The van der Waals surface area contributed by atoms with Gasteiger partial charge in [-0.25, -0.2) is 0 Å². The van der Waals surface area contributed by atoms with E-state index in [4.69, 9.17) is 10.5 Å². The van der Waals surface area contributed by atoms with Crippen LogP contribution in [-0.4, -0.2) is 30.1 Å². The topological polar surface area (TPSA) is 77.2 Å². The van der Waals surface area contributed by atoms with E-state index in [1.807, 2.05) is 24.3 Å². The number of primary amides is 1. The van der Waals surface area contributed by atoms with Gasteiger partial charge in [-0.05, 0) is 25.1 Å². The van der Waals surface area contributed by atoms with Crippen LogP contribution in [-0.2, 0) is 0 Å². The van der Waals surface area contributed by atoms with Crippen molar-refractivity contribution in [3.05, 3.63) is 36.0 Å². The van der Waals surface area contributed by atoms with Crippen LogP contribution in [0.1, 0.15) is 30.6 Å². The fourth-order valence-corrected chi connectivity index (χ4v) is 2.08. The SMILES string of the molecule is CC(C)NCCCOc1c(C(N)=O)cnc2ccccc12. The van der Waals surface area contributed by atoms with Gasteiger partial charge in [-0.15, -0.1) is 0 Å². The molecule has 0 bridgehead atoms. The minimum absolute atomic E-state index is 0.325. The van der Waals surface area contributed by atoms with E-state index in [0.717, 1.165) is 23.9 Å². The average Bonchev–Trinajstić information content (AvgIpc) is 2.46. The van der Waals surface area contributed by atoms with Crippen molar-refractivity contribution in [1.29, 1.82) is 0 Å². The number of amides is 1. The molecule has 3 N–H and O–H groups in total. The molecule has 1 aromatic heterocycles. The van der Waals surface area contributed by atoms with Crippen LogP contribution in [0, 0.1) is 0 Å². The van der Waals surface area contributed by atoms with E-state index in [1.165, 1.54) is 6.20 Å². The number of aromatic nitrogens is 1. The first-order valence-corrected chi connectivity index (χ1v) is 7.13. The number of carbonyl (C=O) groups excluding carboxylic acids is 1. The molecule has 0 atom stereocenters. The molecule has 1 aromatic carbocycles. The highest BCUT2D eigenvalue weighted by molar-refractivity contribution is 6.01. The Hall–Kier alpha value is -2.14. The third-order valence-corrected chi connectivity index (χ3v) is 3.11. The smallest absolute Gasteiger partial charge is 0.254 e. The van der Waals surface area contributed by atoms with Crippen LogP contribution < -0.4 is 15.8 Å². The Balaban J connectivity index is 2.16. The van der Waals surface area contributed by atoms with Gasteiger partial charge in [0.2, 0.25) is 0 Å². The highest BCUT2D eigenvalue weighted by atomic mass is 16.5. The van der Waals surface area contributed by atoms with Crippen molar-refractivity contribution in [3.63, 3.8) is 0 Å². The Morgan fingerprint density at radius 1 is 1.38 bits per heavy atom. The third kappa shape index (κ3) is 3.92. The van der Waals surface area contributed by atoms with Gasteiger partial charge in [0.05, 0.1) is 12.1 Å². The average molecular weight is 287 g/mol. The largest absolute Gasteiger partial charge is 0.492 e. The van der Waals surface area contributed by atoms with Crippen LogP contribution >= 0.6 is 0 Å². The van der Waals surface area contributed by atoms with Crippen LogP contribution in [0.2, 0.25) is 0 Å². The van der Waals surface area contributed by atoms with Crippen LogP contribution in [0.5, 0.6) is 5.75 Å². The van der Waals surface area contributed by atoms with Crippen LogP contribution in [0.15, 0.2) is 30.5 Å². The van der Waals surface area contributed by atoms with Gasteiger partial charge >= 0.3 is 0 Å². The lowest BCUT2D eigenvalue weighted by atomic mass is 10.1. The van der Waals surface area contributed by atoms with E-state index in [-0.39, 0.29) is 0 Å². The molecule has 0 unspecified atom stereocenters. The van der Waals surface area contributed by atoms with Crippen molar-refractivity contribution >= 4 is 16.8 Å². The summed E-state index contributed by atoms with van der Waals surface area (Å²) in [5, 5.41) is 4.13. The number of carbonyl (C=O) groups is 1. The van der Waals surface area contributed by atoms with Gasteiger partial charge in [0.25, 0.3) is 5.91 Å². The molecule has 112 valence electrons. The molecular formula is C16H21N3O2. The molecule has 5 nitrogen and oxygen atoms in total. The number of fused-ring (bicyclic) bond motifs is 1. The molecule has 2 aromatic rings. The Labute approximate surface area is 124 Å². The lowest BCUT2D eigenvalue weighted by molar-refractivity contribution is 0.0996. The number of nitrogens with two attached hydrogens (primary N) is 1. The summed E-state index contributed by atoms with van der Waals surface area (Å²) in [5.41, 5.74) is 6.52. The maximum absolute atomic E-state index is 11.5. The molecular weight excluding hydrogens is 266 g/mol. The zero-order valence-corrected chi connectivity index (χ0v) is 12.4. The normalized spacial score (nSPS) is 11.0. The van der Waals surface area contributed by atoms with Crippen LogP contribution in [0.4, 0.5) is 0 Å². The second kappa shape index (κ2) is 7.04. The van der Waals surface area contributed by atoms with Gasteiger partial charge in [0, 0.05) is 17.6 Å². The lowest BCUT2D eigenvalue weighted by Crippen LogP contribution is -2.25. The maximum atomic E-state index is 11.5. The summed E-state index contributed by atoms with van der Waals surface area (Å²) in [6.07, 6.45) is 2.33. The van der Waals surface area contributed by atoms with Gasteiger partial charge in [-0.1, -0.05) is 26.0 Å². The standard InChI is InChI=1S/C16H21N3O2/c1-11(2)18-8-5-9-21-15-12-6-3-4-7-14(12)19-10-13(15)16(17)20/h3-4,6-7,10-11,18H,5,8-9H2,1-2H3,(H2,17,20). The van der Waals surface area contributed by atoms with Gasteiger partial charge in [0.15, 0.2) is 0 Å². The van der Waals surface area contributed by atoms with Crippen LogP contribution in [0.3, 0.4) is 0 Å². The van der Waals surface area contributed by atoms with Crippen molar-refractivity contribution in [2.24, 2.45) is 5.73 Å². The molecule has 0 saturated carbocycles. The van der Waals surface area contributed by atoms with Crippen molar-refractivity contribution in [2.75, 3.05) is 13.2 Å². The summed E-state index contributed by atoms with van der Waals surface area (Å²) < 4.78 is 5.81. The number of ether oxygens (including phenoxy) is 1. The van der Waals surface area contributed by atoms with E-state index in [1.54, 1.807) is 0 Å². The molecule has 1 amide bonds. The summed E-state index contributed by atoms with van der Waals surface area (Å²) in [5.74, 6) is 0.00112. The van der Waals surface area contributed by atoms with Crippen molar-refractivity contribution in [3.8, 4) is 5.75 Å². The lowest BCUT2D eigenvalue weighted by Gasteiger charge is -2.13. The monoisotopic (exact) mass is 287 g/mol. The number of para-hydroxylation sites is 1. The summed E-state index contributed by atoms with van der Waals surface area (Å²) >= 11 is 0. The third-order valence-electron chi connectivity index (χ3n) is 3.11. The highest BCUT2D eigenvalue weighted by Gasteiger charge is 2.14. The van der Waals surface area contributed by atoms with Crippen molar-refractivity contribution in [2.45, 2.75) is 26.3 Å². The quantitative estimate of drug-likeness (QED) is 0.765. The molecule has 0 aliphatic carbocycles. The second-order valence-electron chi connectivity index (χ2n) is 5.19. The molecule has 2 rings (SSSR count). The number of rotatable bonds is 7. The van der Waals surface area contributed by atoms with Crippen molar-refractivity contribution < 1.29 is 9.53 Å². The van der Waals surface area contributed by atoms with Gasteiger partial charge < -0.3 is 15.8 Å². The fraction of sp³-hybridized carbons (Fsp3) is 0.375. The molecule has 0 aliphatic heterocycles. The number of benzene rings is 1. The first-order valence-electron chi connectivity index (χ1n) is 7.13. The molecule has 21 heavy (non-hydrogen) atoms. The van der Waals surface area contributed by atoms with E-state index >= 15 is 0 Å². The summed E-state index contributed by atoms with van der Waals surface area (Å²) in [7, 11) is 0.